The SMILES string of the molecule is CCc1csc(CNC(=O)Nc2cc(OC)c(OC)c(OC)c2)n1. The van der Waals surface area contributed by atoms with Gasteiger partial charge in [0.25, 0.3) is 0 Å². The molecular weight excluding hydrogens is 330 g/mol. The smallest absolute Gasteiger partial charge is 0.319 e. The minimum atomic E-state index is -0.336. The van der Waals surface area contributed by atoms with Gasteiger partial charge < -0.3 is 24.8 Å². The summed E-state index contributed by atoms with van der Waals surface area (Å²) >= 11 is 1.53. The summed E-state index contributed by atoms with van der Waals surface area (Å²) in [7, 11) is 4.57. The molecule has 0 aliphatic rings. The maximum absolute atomic E-state index is 12.1. The standard InChI is InChI=1S/C16H21N3O4S/c1-5-10-9-24-14(18-10)8-17-16(20)19-11-6-12(21-2)15(23-4)13(7-11)22-3/h6-7,9H,5,8H2,1-4H3,(H2,17,19,20). The Bertz CT molecular complexity index is 677. The lowest BCUT2D eigenvalue weighted by Gasteiger charge is -2.14. The maximum atomic E-state index is 12.1. The Kier molecular flexibility index (Phi) is 6.25. The van der Waals surface area contributed by atoms with Crippen LogP contribution in [0.5, 0.6) is 17.2 Å². The minimum absolute atomic E-state index is 0.336. The van der Waals surface area contributed by atoms with Gasteiger partial charge in [-0.25, -0.2) is 9.78 Å². The second kappa shape index (κ2) is 8.39. The van der Waals surface area contributed by atoms with Crippen molar-refractivity contribution in [3.63, 3.8) is 0 Å². The molecule has 2 rings (SSSR count). The van der Waals surface area contributed by atoms with Gasteiger partial charge in [-0.3, -0.25) is 0 Å². The summed E-state index contributed by atoms with van der Waals surface area (Å²) in [6.45, 7) is 2.42. The number of carbonyl (C=O) groups excluding carboxylic acids is 1. The van der Waals surface area contributed by atoms with Crippen LogP contribution in [0.3, 0.4) is 0 Å². The van der Waals surface area contributed by atoms with Crippen molar-refractivity contribution < 1.29 is 19.0 Å². The van der Waals surface area contributed by atoms with E-state index >= 15 is 0 Å². The summed E-state index contributed by atoms with van der Waals surface area (Å²) in [4.78, 5) is 16.5. The van der Waals surface area contributed by atoms with Crippen LogP contribution in [0, 0.1) is 0 Å². The van der Waals surface area contributed by atoms with E-state index in [1.165, 1.54) is 32.7 Å². The zero-order chi connectivity index (χ0) is 17.5. The normalized spacial score (nSPS) is 10.2. The largest absolute Gasteiger partial charge is 0.493 e. The van der Waals surface area contributed by atoms with Gasteiger partial charge in [0.1, 0.15) is 5.01 Å². The molecule has 1 aromatic heterocycles. The van der Waals surface area contributed by atoms with E-state index in [0.717, 1.165) is 17.1 Å². The minimum Gasteiger partial charge on any atom is -0.493 e. The van der Waals surface area contributed by atoms with Crippen LogP contribution in [0.2, 0.25) is 0 Å². The van der Waals surface area contributed by atoms with E-state index < -0.39 is 0 Å². The van der Waals surface area contributed by atoms with Gasteiger partial charge >= 0.3 is 6.03 Å². The van der Waals surface area contributed by atoms with Gasteiger partial charge in [0.05, 0.1) is 39.3 Å². The molecule has 2 aromatic rings. The van der Waals surface area contributed by atoms with Crippen molar-refractivity contribution in [3.05, 3.63) is 28.2 Å². The van der Waals surface area contributed by atoms with Crippen molar-refractivity contribution in [2.45, 2.75) is 19.9 Å². The number of amides is 2. The predicted molar refractivity (Wildman–Crippen MR) is 93.4 cm³/mol. The summed E-state index contributed by atoms with van der Waals surface area (Å²) in [6, 6.07) is 3.00. The maximum Gasteiger partial charge on any atom is 0.319 e. The summed E-state index contributed by atoms with van der Waals surface area (Å²) in [6.07, 6.45) is 0.883. The van der Waals surface area contributed by atoms with Gasteiger partial charge in [-0.05, 0) is 6.42 Å². The van der Waals surface area contributed by atoms with Gasteiger partial charge in [-0.15, -0.1) is 11.3 Å². The van der Waals surface area contributed by atoms with Crippen LogP contribution in [0.4, 0.5) is 10.5 Å². The fraction of sp³-hybridized carbons (Fsp3) is 0.375. The number of urea groups is 1. The number of nitrogens with zero attached hydrogens (tertiary/aromatic N) is 1. The highest BCUT2D eigenvalue weighted by atomic mass is 32.1. The van der Waals surface area contributed by atoms with Crippen molar-refractivity contribution in [1.29, 1.82) is 0 Å². The van der Waals surface area contributed by atoms with Gasteiger partial charge in [0.2, 0.25) is 5.75 Å². The van der Waals surface area contributed by atoms with E-state index in [2.05, 4.69) is 15.6 Å². The highest BCUT2D eigenvalue weighted by Crippen LogP contribution is 2.39. The van der Waals surface area contributed by atoms with E-state index in [9.17, 15) is 4.79 Å². The number of hydrogen-bond donors (Lipinski definition) is 2. The van der Waals surface area contributed by atoms with Crippen LogP contribution in [-0.4, -0.2) is 32.3 Å². The van der Waals surface area contributed by atoms with Crippen molar-refractivity contribution in [1.82, 2.24) is 10.3 Å². The third kappa shape index (κ3) is 4.29. The summed E-state index contributed by atoms with van der Waals surface area (Å²) in [5.74, 6) is 1.42. The highest BCUT2D eigenvalue weighted by molar-refractivity contribution is 7.09. The number of nitrogens with one attached hydrogen (secondary N) is 2. The second-order valence-corrected chi connectivity index (χ2v) is 5.75. The Morgan fingerprint density at radius 3 is 2.33 bits per heavy atom. The molecule has 0 unspecified atom stereocenters. The molecule has 1 heterocycles. The van der Waals surface area contributed by atoms with Crippen LogP contribution in [0.25, 0.3) is 0 Å². The number of aryl methyl sites for hydroxylation is 1. The van der Waals surface area contributed by atoms with Crippen LogP contribution >= 0.6 is 11.3 Å². The molecular formula is C16H21N3O4S. The molecule has 0 aliphatic heterocycles. The van der Waals surface area contributed by atoms with Crippen LogP contribution in [-0.2, 0) is 13.0 Å². The lowest BCUT2D eigenvalue weighted by Crippen LogP contribution is -2.28. The molecule has 0 radical (unpaired) electrons. The first-order valence-corrected chi connectivity index (χ1v) is 8.27. The summed E-state index contributed by atoms with van der Waals surface area (Å²) in [5.41, 5.74) is 1.57. The summed E-state index contributed by atoms with van der Waals surface area (Å²) in [5, 5.41) is 8.38. The molecule has 8 heteroatoms. The molecule has 0 saturated heterocycles. The number of methoxy groups -OCH3 is 3. The lowest BCUT2D eigenvalue weighted by molar-refractivity contribution is 0.251. The number of aromatic nitrogens is 1. The highest BCUT2D eigenvalue weighted by Gasteiger charge is 2.14. The predicted octanol–water partition coefficient (Wildman–Crippen LogP) is 3.05. The third-order valence-electron chi connectivity index (χ3n) is 3.28. The summed E-state index contributed by atoms with van der Waals surface area (Å²) < 4.78 is 15.8. The fourth-order valence-electron chi connectivity index (χ4n) is 2.08. The van der Waals surface area contributed by atoms with Gasteiger partial charge in [0, 0.05) is 17.5 Å². The van der Waals surface area contributed by atoms with Gasteiger partial charge in [0.15, 0.2) is 11.5 Å². The molecule has 0 aliphatic carbocycles. The molecule has 0 atom stereocenters. The first-order chi connectivity index (χ1) is 11.6. The number of benzene rings is 1. The molecule has 0 spiro atoms. The molecule has 7 nitrogen and oxygen atoms in total. The van der Waals surface area contributed by atoms with Crippen molar-refractivity contribution in [3.8, 4) is 17.2 Å². The van der Waals surface area contributed by atoms with Crippen LogP contribution < -0.4 is 24.8 Å². The van der Waals surface area contributed by atoms with E-state index in [0.29, 0.717) is 29.5 Å². The Balaban J connectivity index is 2.02. The Labute approximate surface area is 145 Å². The van der Waals surface area contributed by atoms with Crippen LogP contribution in [0.15, 0.2) is 17.5 Å². The van der Waals surface area contributed by atoms with Crippen LogP contribution in [0.1, 0.15) is 17.6 Å². The van der Waals surface area contributed by atoms with E-state index in [1.807, 2.05) is 12.3 Å². The van der Waals surface area contributed by atoms with E-state index in [-0.39, 0.29) is 6.03 Å². The molecule has 0 saturated carbocycles. The number of anilines is 1. The third-order valence-corrected chi connectivity index (χ3v) is 4.18. The quantitative estimate of drug-likeness (QED) is 0.801. The second-order valence-electron chi connectivity index (χ2n) is 4.81. The molecule has 2 N–H and O–H groups in total. The van der Waals surface area contributed by atoms with E-state index in [1.54, 1.807) is 12.1 Å². The first-order valence-electron chi connectivity index (χ1n) is 7.39. The monoisotopic (exact) mass is 351 g/mol. The topological polar surface area (TPSA) is 81.7 Å². The van der Waals surface area contributed by atoms with Crippen molar-refractivity contribution in [2.24, 2.45) is 0 Å². The number of carbonyl (C=O) groups is 1. The Morgan fingerprint density at radius 2 is 1.83 bits per heavy atom. The molecule has 2 amide bonds. The molecule has 1 aromatic carbocycles. The van der Waals surface area contributed by atoms with Crippen molar-refractivity contribution >= 4 is 23.1 Å². The van der Waals surface area contributed by atoms with Gasteiger partial charge in [-0.1, -0.05) is 6.92 Å². The molecule has 0 bridgehead atoms. The fourth-order valence-corrected chi connectivity index (χ4v) is 2.89. The zero-order valence-corrected chi connectivity index (χ0v) is 15.0. The van der Waals surface area contributed by atoms with Crippen molar-refractivity contribution in [2.75, 3.05) is 26.6 Å². The Morgan fingerprint density at radius 1 is 1.17 bits per heavy atom. The molecule has 24 heavy (non-hydrogen) atoms. The van der Waals surface area contributed by atoms with E-state index in [4.69, 9.17) is 14.2 Å². The zero-order valence-electron chi connectivity index (χ0n) is 14.1. The Hall–Kier alpha value is -2.48. The average Bonchev–Trinajstić information content (AvgIpc) is 3.07. The lowest BCUT2D eigenvalue weighted by atomic mass is 10.2. The number of rotatable bonds is 7. The molecule has 0 fully saturated rings. The average molecular weight is 351 g/mol. The first kappa shape index (κ1) is 17.9. The molecule has 130 valence electrons. The number of hydrogen-bond acceptors (Lipinski definition) is 6. The number of ether oxygens (including phenoxy) is 3. The van der Waals surface area contributed by atoms with Gasteiger partial charge in [-0.2, -0.15) is 0 Å². The number of thiazole rings is 1.